The summed E-state index contributed by atoms with van der Waals surface area (Å²) in [6.45, 7) is -0.523. The second kappa shape index (κ2) is 15.3. The molecule has 4 atom stereocenters. The van der Waals surface area contributed by atoms with E-state index in [4.69, 9.17) is 16.6 Å². The van der Waals surface area contributed by atoms with Gasteiger partial charge in [-0.25, -0.2) is 4.79 Å². The number of aromatic hydroxyl groups is 1. The van der Waals surface area contributed by atoms with E-state index in [-0.39, 0.29) is 18.6 Å². The number of hydrogen-bond acceptors (Lipinski definition) is 9. The van der Waals surface area contributed by atoms with Gasteiger partial charge >= 0.3 is 11.9 Å². The predicted molar refractivity (Wildman–Crippen MR) is 125 cm³/mol. The Hall–Kier alpha value is -3.75. The fourth-order valence-corrected chi connectivity index (χ4v) is 3.13. The van der Waals surface area contributed by atoms with Gasteiger partial charge in [0.15, 0.2) is 0 Å². The molecule has 1 aromatic carbocycles. The molecule has 0 saturated carbocycles. The monoisotopic (exact) mass is 511 g/mol. The molecule has 3 amide bonds. The van der Waals surface area contributed by atoms with Crippen molar-refractivity contribution in [3.05, 3.63) is 29.8 Å². The van der Waals surface area contributed by atoms with Crippen LogP contribution in [0.5, 0.6) is 5.75 Å². The summed E-state index contributed by atoms with van der Waals surface area (Å²) in [5, 5.41) is 44.1. The van der Waals surface area contributed by atoms with Gasteiger partial charge < -0.3 is 47.8 Å². The van der Waals surface area contributed by atoms with Crippen LogP contribution in [0.2, 0.25) is 0 Å². The molecule has 0 spiro atoms. The summed E-state index contributed by atoms with van der Waals surface area (Å²) in [4.78, 5) is 60.1. The minimum absolute atomic E-state index is 0.0382. The van der Waals surface area contributed by atoms with E-state index in [1.54, 1.807) is 0 Å². The Labute approximate surface area is 207 Å². The van der Waals surface area contributed by atoms with E-state index in [0.29, 0.717) is 24.9 Å². The van der Waals surface area contributed by atoms with Crippen LogP contribution < -0.4 is 27.4 Å². The number of carboxylic acids is 2. The van der Waals surface area contributed by atoms with Crippen LogP contribution in [-0.2, 0) is 30.4 Å². The Morgan fingerprint density at radius 1 is 0.833 bits per heavy atom. The van der Waals surface area contributed by atoms with Crippen LogP contribution in [0.25, 0.3) is 0 Å². The van der Waals surface area contributed by atoms with Crippen molar-refractivity contribution in [3.8, 4) is 5.75 Å². The summed E-state index contributed by atoms with van der Waals surface area (Å²) >= 11 is 0. The lowest BCUT2D eigenvalue weighted by Gasteiger charge is -2.24. The third-order valence-corrected chi connectivity index (χ3v) is 5.12. The summed E-state index contributed by atoms with van der Waals surface area (Å²) in [6.07, 6.45) is 0.241. The third kappa shape index (κ3) is 10.7. The van der Waals surface area contributed by atoms with Crippen molar-refractivity contribution in [1.29, 1.82) is 0 Å². The number of phenols is 1. The van der Waals surface area contributed by atoms with E-state index in [0.717, 1.165) is 0 Å². The molecular formula is C22H33N5O9. The number of hydrogen-bond donors (Lipinski definition) is 9. The van der Waals surface area contributed by atoms with E-state index in [2.05, 4.69) is 16.0 Å². The maximum atomic E-state index is 12.9. The number of aliphatic hydroxyl groups excluding tert-OH is 1. The molecule has 11 N–H and O–H groups in total. The average molecular weight is 512 g/mol. The molecule has 14 heteroatoms. The fraction of sp³-hybridized carbons (Fsp3) is 0.500. The largest absolute Gasteiger partial charge is 0.508 e. The Morgan fingerprint density at radius 3 is 1.92 bits per heavy atom. The highest BCUT2D eigenvalue weighted by Crippen LogP contribution is 2.12. The minimum atomic E-state index is -1.54. The molecule has 4 unspecified atom stereocenters. The van der Waals surface area contributed by atoms with E-state index in [1.807, 2.05) is 0 Å². The molecule has 0 aliphatic carbocycles. The van der Waals surface area contributed by atoms with Crippen molar-refractivity contribution >= 4 is 29.7 Å². The van der Waals surface area contributed by atoms with Crippen LogP contribution >= 0.6 is 0 Å². The third-order valence-electron chi connectivity index (χ3n) is 5.12. The molecule has 1 aromatic rings. The van der Waals surface area contributed by atoms with Crippen molar-refractivity contribution in [2.45, 2.75) is 56.3 Å². The smallest absolute Gasteiger partial charge is 0.326 e. The molecule has 1 rings (SSSR count). The van der Waals surface area contributed by atoms with Gasteiger partial charge in [-0.3, -0.25) is 19.2 Å². The molecule has 200 valence electrons. The molecule has 0 aliphatic heterocycles. The van der Waals surface area contributed by atoms with E-state index >= 15 is 0 Å². The molecule has 14 nitrogen and oxygen atoms in total. The van der Waals surface area contributed by atoms with Crippen LogP contribution in [0.3, 0.4) is 0 Å². The van der Waals surface area contributed by atoms with Crippen LogP contribution in [-0.4, -0.2) is 87.4 Å². The Kier molecular flexibility index (Phi) is 12.9. The SMILES string of the molecule is NCCCCC(NC(=O)C(CO)NC(=O)C(Cc1ccc(O)cc1)NC(=O)C(N)CC(=O)O)C(=O)O. The van der Waals surface area contributed by atoms with Gasteiger partial charge in [-0.15, -0.1) is 0 Å². The van der Waals surface area contributed by atoms with E-state index < -0.39 is 66.9 Å². The van der Waals surface area contributed by atoms with Gasteiger partial charge in [0.05, 0.1) is 19.1 Å². The molecule has 0 aliphatic rings. The Balaban J connectivity index is 2.98. The second-order valence-electron chi connectivity index (χ2n) is 8.06. The van der Waals surface area contributed by atoms with Gasteiger partial charge in [0, 0.05) is 6.42 Å². The molecule has 0 saturated heterocycles. The number of aliphatic carboxylic acids is 2. The van der Waals surface area contributed by atoms with E-state index in [1.165, 1.54) is 24.3 Å². The summed E-state index contributed by atoms with van der Waals surface area (Å²) < 4.78 is 0. The Morgan fingerprint density at radius 2 is 1.39 bits per heavy atom. The van der Waals surface area contributed by atoms with Crippen molar-refractivity contribution in [2.24, 2.45) is 11.5 Å². The highest BCUT2D eigenvalue weighted by molar-refractivity contribution is 5.94. The van der Waals surface area contributed by atoms with Crippen molar-refractivity contribution < 1.29 is 44.4 Å². The quantitative estimate of drug-likeness (QED) is 0.104. The van der Waals surface area contributed by atoms with Crippen LogP contribution in [0.15, 0.2) is 24.3 Å². The molecule has 36 heavy (non-hydrogen) atoms. The molecule has 0 bridgehead atoms. The number of benzene rings is 1. The summed E-state index contributed by atoms with van der Waals surface area (Å²) in [7, 11) is 0. The van der Waals surface area contributed by atoms with Crippen molar-refractivity contribution in [2.75, 3.05) is 13.2 Å². The number of aliphatic hydroxyl groups is 1. The Bertz CT molecular complexity index is 910. The minimum Gasteiger partial charge on any atom is -0.508 e. The number of amides is 3. The number of nitrogens with one attached hydrogen (secondary N) is 3. The summed E-state index contributed by atoms with van der Waals surface area (Å²) in [5.41, 5.74) is 11.4. The number of carbonyl (C=O) groups is 5. The lowest BCUT2D eigenvalue weighted by Crippen LogP contribution is -2.58. The number of nitrogens with two attached hydrogens (primary N) is 2. The second-order valence-corrected chi connectivity index (χ2v) is 8.06. The zero-order chi connectivity index (χ0) is 27.3. The number of phenolic OH excluding ortho intramolecular Hbond substituents is 1. The highest BCUT2D eigenvalue weighted by Gasteiger charge is 2.30. The zero-order valence-electron chi connectivity index (χ0n) is 19.6. The summed E-state index contributed by atoms with van der Waals surface area (Å²) in [6, 6.07) is 0.0497. The first-order valence-electron chi connectivity index (χ1n) is 11.2. The lowest BCUT2D eigenvalue weighted by molar-refractivity contribution is -0.142. The van der Waals surface area contributed by atoms with Crippen molar-refractivity contribution in [1.82, 2.24) is 16.0 Å². The van der Waals surface area contributed by atoms with Gasteiger partial charge in [-0.1, -0.05) is 12.1 Å². The van der Waals surface area contributed by atoms with Gasteiger partial charge in [-0.2, -0.15) is 0 Å². The number of unbranched alkanes of at least 4 members (excludes halogenated alkanes) is 1. The zero-order valence-corrected chi connectivity index (χ0v) is 19.6. The molecule has 0 fully saturated rings. The van der Waals surface area contributed by atoms with Crippen LogP contribution in [0.1, 0.15) is 31.2 Å². The van der Waals surface area contributed by atoms with Gasteiger partial charge in [0.1, 0.15) is 23.9 Å². The average Bonchev–Trinajstić information content (AvgIpc) is 2.81. The van der Waals surface area contributed by atoms with Crippen LogP contribution in [0.4, 0.5) is 0 Å². The lowest BCUT2D eigenvalue weighted by atomic mass is 10.0. The van der Waals surface area contributed by atoms with Gasteiger partial charge in [-0.05, 0) is 43.5 Å². The maximum Gasteiger partial charge on any atom is 0.326 e. The molecule has 0 heterocycles. The highest BCUT2D eigenvalue weighted by atomic mass is 16.4. The first-order valence-corrected chi connectivity index (χ1v) is 11.2. The topological polar surface area (TPSA) is 254 Å². The van der Waals surface area contributed by atoms with Gasteiger partial charge in [0.2, 0.25) is 17.7 Å². The van der Waals surface area contributed by atoms with E-state index in [9.17, 15) is 39.3 Å². The number of carbonyl (C=O) groups excluding carboxylic acids is 3. The molecule has 0 aromatic heterocycles. The summed E-state index contributed by atoms with van der Waals surface area (Å²) in [5.74, 6) is -5.47. The standard InChI is InChI=1S/C22H33N5O9/c23-8-2-1-3-15(22(35)36)25-21(34)17(11-28)27-20(33)16(9-12-4-6-13(29)7-5-12)26-19(32)14(24)10-18(30)31/h4-7,14-17,28-29H,1-3,8-11,23-24H2,(H,25,34)(H,26,32)(H,27,33)(H,30,31)(H,35,36). The van der Waals surface area contributed by atoms with Crippen molar-refractivity contribution in [3.63, 3.8) is 0 Å². The van der Waals surface area contributed by atoms with Crippen LogP contribution in [0, 0.1) is 0 Å². The van der Waals surface area contributed by atoms with Gasteiger partial charge in [0.25, 0.3) is 0 Å². The molecule has 0 radical (unpaired) electrons. The predicted octanol–water partition coefficient (Wildman–Crippen LogP) is -2.60. The molecular weight excluding hydrogens is 478 g/mol. The number of carboxylic acid groups (broad SMARTS) is 2. The first kappa shape index (κ1) is 30.3. The maximum absolute atomic E-state index is 12.9. The normalized spacial score (nSPS) is 14.1. The first-order chi connectivity index (χ1) is 17.0. The number of rotatable bonds is 16. The fourth-order valence-electron chi connectivity index (χ4n) is 3.13.